The number of hydrogen-bond donors (Lipinski definition) is 1. The number of rotatable bonds is 15. The largest absolute Gasteiger partial charge is 1.00 e. The normalized spacial score (nSPS) is 11.2. The number of benzene rings is 2. The van der Waals surface area contributed by atoms with Crippen molar-refractivity contribution < 1.29 is 52.4 Å². The molecule has 0 atom stereocenters. The van der Waals surface area contributed by atoms with Crippen molar-refractivity contribution in [3.63, 3.8) is 0 Å². The van der Waals surface area contributed by atoms with E-state index in [2.05, 4.69) is 6.92 Å². The van der Waals surface area contributed by atoms with Crippen molar-refractivity contribution in [2.24, 2.45) is 0 Å². The maximum absolute atomic E-state index is 12.8. The summed E-state index contributed by atoms with van der Waals surface area (Å²) in [7, 11) is -4.43. The zero-order valence-corrected chi connectivity index (χ0v) is 22.3. The van der Waals surface area contributed by atoms with Crippen molar-refractivity contribution in [1.82, 2.24) is 0 Å². The second-order valence-electron chi connectivity index (χ2n) is 8.09. The van der Waals surface area contributed by atoms with Gasteiger partial charge in [-0.1, -0.05) is 101 Å². The van der Waals surface area contributed by atoms with Gasteiger partial charge in [-0.05, 0) is 31.0 Å². The summed E-state index contributed by atoms with van der Waals surface area (Å²) in [6, 6.07) is 11.1. The predicted molar refractivity (Wildman–Crippen MR) is 122 cm³/mol. The molecule has 32 heavy (non-hydrogen) atoms. The Labute approximate surface area is 215 Å². The van der Waals surface area contributed by atoms with Crippen LogP contribution in [-0.2, 0) is 16.5 Å². The van der Waals surface area contributed by atoms with E-state index < -0.39 is 10.1 Å². The maximum Gasteiger partial charge on any atom is 1.00 e. The van der Waals surface area contributed by atoms with E-state index in [1.165, 1.54) is 57.4 Å². The van der Waals surface area contributed by atoms with Gasteiger partial charge in [0, 0.05) is 6.07 Å². The molecular weight excluding hydrogens is 435 g/mol. The van der Waals surface area contributed by atoms with Gasteiger partial charge in [-0.3, -0.25) is 4.55 Å². The van der Waals surface area contributed by atoms with E-state index in [-0.39, 0.29) is 46.0 Å². The first-order valence-corrected chi connectivity index (χ1v) is 12.9. The molecule has 2 aromatic carbocycles. The van der Waals surface area contributed by atoms with Gasteiger partial charge in [0.15, 0.2) is 0 Å². The van der Waals surface area contributed by atoms with Crippen LogP contribution in [0.5, 0.6) is 17.2 Å². The fraction of sp³-hybridized carbons (Fsp3) is 0.520. The molecule has 1 N–H and O–H groups in total. The molecule has 0 aliphatic carbocycles. The third-order valence-corrected chi connectivity index (χ3v) is 6.26. The molecule has 0 amide bonds. The minimum atomic E-state index is -4.43. The van der Waals surface area contributed by atoms with Crippen LogP contribution in [0.25, 0.3) is 0 Å². The molecule has 0 bridgehead atoms. The molecule has 2 aromatic rings. The first kappa shape index (κ1) is 29.0. The molecule has 2 rings (SSSR count). The van der Waals surface area contributed by atoms with Crippen LogP contribution in [0.1, 0.15) is 83.1 Å². The SMILES string of the molecule is CCCCCCCCCCCCCc1cc(S(=O)(=O)O)cc(Oc2ccccc2)c1[O-].[Na+]. The van der Waals surface area contributed by atoms with Crippen LogP contribution in [0.15, 0.2) is 47.4 Å². The van der Waals surface area contributed by atoms with E-state index in [1.807, 2.05) is 6.07 Å². The Kier molecular flexibility index (Phi) is 14.2. The Balaban J connectivity index is 0.00000512. The first-order chi connectivity index (χ1) is 14.9. The molecule has 0 aliphatic rings. The molecular formula is C25H35NaO5S. The number of unbranched alkanes of at least 4 members (excludes halogenated alkanes) is 10. The van der Waals surface area contributed by atoms with Crippen LogP contribution >= 0.6 is 0 Å². The van der Waals surface area contributed by atoms with Crippen LogP contribution < -0.4 is 39.4 Å². The molecule has 5 nitrogen and oxygen atoms in total. The van der Waals surface area contributed by atoms with Crippen molar-refractivity contribution in [3.05, 3.63) is 48.0 Å². The monoisotopic (exact) mass is 470 g/mol. The van der Waals surface area contributed by atoms with Gasteiger partial charge in [0.2, 0.25) is 0 Å². The molecule has 0 spiro atoms. The summed E-state index contributed by atoms with van der Waals surface area (Å²) in [6.07, 6.45) is 13.7. The van der Waals surface area contributed by atoms with Gasteiger partial charge in [-0.2, -0.15) is 8.42 Å². The van der Waals surface area contributed by atoms with Crippen molar-refractivity contribution in [1.29, 1.82) is 0 Å². The summed E-state index contributed by atoms with van der Waals surface area (Å²) in [5.74, 6) is 0.0236. The van der Waals surface area contributed by atoms with Crippen LogP contribution in [0, 0.1) is 0 Å². The smallest absolute Gasteiger partial charge is 0.870 e. The maximum atomic E-state index is 12.8. The number of para-hydroxylation sites is 1. The standard InChI is InChI=1S/C25H36O5S.Na/c1-2-3-4-5-6-7-8-9-10-11-13-16-21-19-23(31(27,28)29)20-24(25(21)26)30-22-17-14-12-15-18-22;/h12,14-15,17-20,26H,2-11,13,16H2,1H3,(H,27,28,29);/q;+1/p-1. The van der Waals surface area contributed by atoms with E-state index in [0.717, 1.165) is 25.3 Å². The Hall–Kier alpha value is -1.05. The second-order valence-corrected chi connectivity index (χ2v) is 9.51. The van der Waals surface area contributed by atoms with E-state index in [1.54, 1.807) is 24.3 Å². The fourth-order valence-corrected chi connectivity index (χ4v) is 4.18. The van der Waals surface area contributed by atoms with Gasteiger partial charge in [-0.25, -0.2) is 0 Å². The summed E-state index contributed by atoms with van der Waals surface area (Å²) in [5.41, 5.74) is 0.358. The van der Waals surface area contributed by atoms with Gasteiger partial charge < -0.3 is 9.84 Å². The molecule has 0 saturated heterocycles. The van der Waals surface area contributed by atoms with Crippen LogP contribution in [0.2, 0.25) is 0 Å². The van der Waals surface area contributed by atoms with E-state index >= 15 is 0 Å². The van der Waals surface area contributed by atoms with Crippen molar-refractivity contribution in [3.8, 4) is 17.2 Å². The molecule has 7 heteroatoms. The first-order valence-electron chi connectivity index (χ1n) is 11.5. The van der Waals surface area contributed by atoms with Crippen molar-refractivity contribution >= 4 is 10.1 Å². The number of hydrogen-bond acceptors (Lipinski definition) is 4. The second kappa shape index (κ2) is 15.7. The predicted octanol–water partition coefficient (Wildman–Crippen LogP) is 3.66. The quantitative estimate of drug-likeness (QED) is 0.244. The summed E-state index contributed by atoms with van der Waals surface area (Å²) >= 11 is 0. The van der Waals surface area contributed by atoms with Gasteiger partial charge in [0.05, 0.1) is 4.90 Å². The van der Waals surface area contributed by atoms with Gasteiger partial charge in [0.25, 0.3) is 10.1 Å². The zero-order valence-electron chi connectivity index (χ0n) is 19.5. The van der Waals surface area contributed by atoms with Crippen LogP contribution in [-0.4, -0.2) is 13.0 Å². The minimum absolute atomic E-state index is 0. The Morgan fingerprint density at radius 3 is 1.91 bits per heavy atom. The fourth-order valence-electron chi connectivity index (χ4n) is 3.64. The minimum Gasteiger partial charge on any atom is -0.870 e. The van der Waals surface area contributed by atoms with Gasteiger partial charge >= 0.3 is 29.6 Å². The summed E-state index contributed by atoms with van der Waals surface area (Å²) in [6.45, 7) is 2.23. The third kappa shape index (κ3) is 10.7. The topological polar surface area (TPSA) is 86.7 Å². The van der Waals surface area contributed by atoms with Crippen molar-refractivity contribution in [2.45, 2.75) is 88.9 Å². The average Bonchev–Trinajstić information content (AvgIpc) is 2.74. The molecule has 0 aliphatic heterocycles. The van der Waals surface area contributed by atoms with Crippen LogP contribution in [0.4, 0.5) is 0 Å². The Morgan fingerprint density at radius 2 is 1.38 bits per heavy atom. The molecule has 0 fully saturated rings. The number of aryl methyl sites for hydroxylation is 1. The van der Waals surface area contributed by atoms with Gasteiger partial charge in [-0.15, -0.1) is 0 Å². The van der Waals surface area contributed by atoms with Crippen molar-refractivity contribution in [2.75, 3.05) is 0 Å². The molecule has 0 radical (unpaired) electrons. The summed E-state index contributed by atoms with van der Waals surface area (Å²) in [4.78, 5) is -0.309. The van der Waals surface area contributed by atoms with E-state index in [9.17, 15) is 18.1 Å². The molecule has 172 valence electrons. The summed E-state index contributed by atoms with van der Waals surface area (Å²) < 4.78 is 38.4. The van der Waals surface area contributed by atoms with E-state index in [4.69, 9.17) is 4.74 Å². The van der Waals surface area contributed by atoms with Crippen LogP contribution in [0.3, 0.4) is 0 Å². The number of ether oxygens (including phenoxy) is 1. The Morgan fingerprint density at radius 1 is 0.844 bits per heavy atom. The van der Waals surface area contributed by atoms with E-state index in [0.29, 0.717) is 17.7 Å². The Bertz CT molecular complexity index is 885. The molecule has 0 saturated carbocycles. The molecule has 0 unspecified atom stereocenters. The zero-order chi connectivity index (χ0) is 22.5. The third-order valence-electron chi connectivity index (χ3n) is 5.42. The average molecular weight is 471 g/mol. The molecule has 0 heterocycles. The molecule has 0 aromatic heterocycles. The summed E-state index contributed by atoms with van der Waals surface area (Å²) in [5, 5.41) is 12.8. The van der Waals surface area contributed by atoms with Gasteiger partial charge in [0.1, 0.15) is 11.5 Å².